The van der Waals surface area contributed by atoms with E-state index in [-0.39, 0.29) is 11.9 Å². The topological polar surface area (TPSA) is 60.0 Å². The number of amides is 1. The molecule has 0 saturated heterocycles. The van der Waals surface area contributed by atoms with Crippen LogP contribution in [0.5, 0.6) is 0 Å². The lowest BCUT2D eigenvalue weighted by atomic mass is 10.2. The van der Waals surface area contributed by atoms with E-state index in [9.17, 15) is 4.79 Å². The van der Waals surface area contributed by atoms with Crippen LogP contribution in [0.15, 0.2) is 18.3 Å². The molecule has 84 valence electrons. The second kappa shape index (κ2) is 5.56. The Bertz CT molecular complexity index is 317. The minimum Gasteiger partial charge on any atom is -0.356 e. The molecule has 1 heterocycles. The first-order valence-electron chi connectivity index (χ1n) is 5.32. The quantitative estimate of drug-likeness (QED) is 0.761. The number of hydrogen-bond acceptors (Lipinski definition) is 2. The molecule has 1 amide bonds. The minimum absolute atomic E-state index is 0.00855. The zero-order valence-electron chi connectivity index (χ0n) is 9.36. The van der Waals surface area contributed by atoms with Gasteiger partial charge in [-0.1, -0.05) is 0 Å². The number of carbonyl (C=O) groups excluding carboxylic acids is 1. The summed E-state index contributed by atoms with van der Waals surface area (Å²) in [6.07, 6.45) is 2.46. The van der Waals surface area contributed by atoms with Crippen molar-refractivity contribution in [3.63, 3.8) is 0 Å². The Hall–Kier alpha value is -1.29. The van der Waals surface area contributed by atoms with E-state index >= 15 is 0 Å². The molecular formula is C11H19N3O. The Morgan fingerprint density at radius 3 is 3.00 bits per heavy atom. The van der Waals surface area contributed by atoms with Gasteiger partial charge in [0.1, 0.15) is 0 Å². The molecule has 15 heavy (non-hydrogen) atoms. The van der Waals surface area contributed by atoms with Gasteiger partial charge in [-0.15, -0.1) is 0 Å². The van der Waals surface area contributed by atoms with Crippen LogP contribution in [0.3, 0.4) is 0 Å². The Labute approximate surface area is 90.5 Å². The van der Waals surface area contributed by atoms with Crippen LogP contribution in [0.1, 0.15) is 32.0 Å². The lowest BCUT2D eigenvalue weighted by Crippen LogP contribution is -2.24. The van der Waals surface area contributed by atoms with E-state index in [1.54, 1.807) is 0 Å². The van der Waals surface area contributed by atoms with Crippen molar-refractivity contribution in [1.82, 2.24) is 9.88 Å². The van der Waals surface area contributed by atoms with Crippen LogP contribution in [0.25, 0.3) is 0 Å². The first-order valence-corrected chi connectivity index (χ1v) is 5.32. The highest BCUT2D eigenvalue weighted by Gasteiger charge is 2.06. The first kappa shape index (κ1) is 11.8. The van der Waals surface area contributed by atoms with Crippen molar-refractivity contribution in [1.29, 1.82) is 0 Å². The maximum atomic E-state index is 11.3. The molecule has 0 aliphatic rings. The van der Waals surface area contributed by atoms with Gasteiger partial charge in [0.15, 0.2) is 0 Å². The molecular weight excluding hydrogens is 190 g/mol. The lowest BCUT2D eigenvalue weighted by Gasteiger charge is -2.11. The molecule has 0 aliphatic heterocycles. The van der Waals surface area contributed by atoms with Crippen molar-refractivity contribution >= 4 is 5.91 Å². The van der Waals surface area contributed by atoms with Gasteiger partial charge in [0, 0.05) is 37.4 Å². The van der Waals surface area contributed by atoms with Crippen molar-refractivity contribution < 1.29 is 4.79 Å². The van der Waals surface area contributed by atoms with E-state index in [4.69, 9.17) is 5.73 Å². The number of nitrogens with zero attached hydrogens (tertiary/aromatic N) is 1. The average Bonchev–Trinajstić information content (AvgIpc) is 2.63. The summed E-state index contributed by atoms with van der Waals surface area (Å²) in [6, 6.07) is 3.95. The molecule has 0 aliphatic carbocycles. The minimum atomic E-state index is 0.00855. The van der Waals surface area contributed by atoms with Gasteiger partial charge in [0.2, 0.25) is 5.91 Å². The summed E-state index contributed by atoms with van der Waals surface area (Å²) >= 11 is 0. The number of nitrogens with one attached hydrogen (secondary N) is 1. The fraction of sp³-hybridized carbons (Fsp3) is 0.545. The van der Waals surface area contributed by atoms with E-state index in [2.05, 4.69) is 5.32 Å². The predicted molar refractivity (Wildman–Crippen MR) is 60.3 cm³/mol. The van der Waals surface area contributed by atoms with E-state index in [0.717, 1.165) is 5.69 Å². The molecule has 1 aromatic rings. The molecule has 0 fully saturated rings. The van der Waals surface area contributed by atoms with E-state index < -0.39 is 0 Å². The van der Waals surface area contributed by atoms with Crippen molar-refractivity contribution in [3.05, 3.63) is 24.0 Å². The van der Waals surface area contributed by atoms with Gasteiger partial charge in [-0.2, -0.15) is 0 Å². The van der Waals surface area contributed by atoms with Crippen LogP contribution in [0.4, 0.5) is 0 Å². The van der Waals surface area contributed by atoms with E-state index in [0.29, 0.717) is 19.5 Å². The molecule has 1 rings (SSSR count). The third kappa shape index (κ3) is 3.40. The lowest BCUT2D eigenvalue weighted by molar-refractivity contribution is -0.121. The largest absolute Gasteiger partial charge is 0.356 e. The fourth-order valence-corrected chi connectivity index (χ4v) is 1.55. The van der Waals surface area contributed by atoms with Gasteiger partial charge in [-0.05, 0) is 26.0 Å². The average molecular weight is 209 g/mol. The van der Waals surface area contributed by atoms with Gasteiger partial charge >= 0.3 is 0 Å². The smallest absolute Gasteiger partial charge is 0.221 e. The third-order valence-corrected chi connectivity index (χ3v) is 2.28. The molecule has 0 bridgehead atoms. The monoisotopic (exact) mass is 209 g/mol. The molecule has 4 nitrogen and oxygen atoms in total. The SMILES string of the molecule is CCNC(=O)CCn1cccc1C(C)N. The molecule has 1 unspecified atom stereocenters. The summed E-state index contributed by atoms with van der Waals surface area (Å²) in [5.41, 5.74) is 6.87. The summed E-state index contributed by atoms with van der Waals surface area (Å²) in [5.74, 6) is 0.0850. The van der Waals surface area contributed by atoms with Crippen LogP contribution in [-0.4, -0.2) is 17.0 Å². The van der Waals surface area contributed by atoms with Crippen molar-refractivity contribution in [3.8, 4) is 0 Å². The number of rotatable bonds is 5. The Morgan fingerprint density at radius 2 is 2.40 bits per heavy atom. The maximum absolute atomic E-state index is 11.3. The predicted octanol–water partition coefficient (Wildman–Crippen LogP) is 1.03. The highest BCUT2D eigenvalue weighted by molar-refractivity contribution is 5.75. The fourth-order valence-electron chi connectivity index (χ4n) is 1.55. The second-order valence-electron chi connectivity index (χ2n) is 3.62. The van der Waals surface area contributed by atoms with Crippen LogP contribution in [0, 0.1) is 0 Å². The summed E-state index contributed by atoms with van der Waals surface area (Å²) in [4.78, 5) is 11.3. The molecule has 4 heteroatoms. The highest BCUT2D eigenvalue weighted by atomic mass is 16.1. The van der Waals surface area contributed by atoms with Crippen molar-refractivity contribution in [2.45, 2.75) is 32.9 Å². The molecule has 0 radical (unpaired) electrons. The van der Waals surface area contributed by atoms with Crippen LogP contribution >= 0.6 is 0 Å². The van der Waals surface area contributed by atoms with E-state index in [1.807, 2.05) is 36.7 Å². The molecule has 0 saturated carbocycles. The number of aryl methyl sites for hydroxylation is 1. The Morgan fingerprint density at radius 1 is 1.67 bits per heavy atom. The first-order chi connectivity index (χ1) is 7.15. The molecule has 3 N–H and O–H groups in total. The zero-order valence-corrected chi connectivity index (χ0v) is 9.36. The van der Waals surface area contributed by atoms with Gasteiger partial charge in [-0.25, -0.2) is 0 Å². The van der Waals surface area contributed by atoms with Crippen molar-refractivity contribution in [2.24, 2.45) is 5.73 Å². The highest BCUT2D eigenvalue weighted by Crippen LogP contribution is 2.10. The van der Waals surface area contributed by atoms with Crippen LogP contribution in [-0.2, 0) is 11.3 Å². The number of hydrogen-bond donors (Lipinski definition) is 2. The number of aromatic nitrogens is 1. The Kier molecular flexibility index (Phi) is 4.37. The van der Waals surface area contributed by atoms with Gasteiger partial charge < -0.3 is 15.6 Å². The molecule has 0 spiro atoms. The third-order valence-electron chi connectivity index (χ3n) is 2.28. The Balaban J connectivity index is 2.50. The summed E-state index contributed by atoms with van der Waals surface area (Å²) in [5, 5.41) is 2.77. The molecule has 1 atom stereocenters. The van der Waals surface area contributed by atoms with Crippen LogP contribution < -0.4 is 11.1 Å². The van der Waals surface area contributed by atoms with Crippen molar-refractivity contribution in [2.75, 3.05) is 6.54 Å². The number of carbonyl (C=O) groups is 1. The van der Waals surface area contributed by atoms with Gasteiger partial charge in [0.25, 0.3) is 0 Å². The van der Waals surface area contributed by atoms with Crippen LogP contribution in [0.2, 0.25) is 0 Å². The van der Waals surface area contributed by atoms with E-state index in [1.165, 1.54) is 0 Å². The maximum Gasteiger partial charge on any atom is 0.221 e. The normalized spacial score (nSPS) is 12.5. The van der Waals surface area contributed by atoms with Gasteiger partial charge in [0.05, 0.1) is 0 Å². The zero-order chi connectivity index (χ0) is 11.3. The standard InChI is InChI=1S/C11H19N3O/c1-3-13-11(15)6-8-14-7-4-5-10(14)9(2)12/h4-5,7,9H,3,6,8,12H2,1-2H3,(H,13,15). The second-order valence-corrected chi connectivity index (χ2v) is 3.62. The summed E-state index contributed by atoms with van der Waals surface area (Å²) in [7, 11) is 0. The number of nitrogens with two attached hydrogens (primary N) is 1. The van der Waals surface area contributed by atoms with Gasteiger partial charge in [-0.3, -0.25) is 4.79 Å². The molecule has 1 aromatic heterocycles. The summed E-state index contributed by atoms with van der Waals surface area (Å²) < 4.78 is 2.03. The summed E-state index contributed by atoms with van der Waals surface area (Å²) in [6.45, 7) is 5.24. The molecule has 0 aromatic carbocycles.